The minimum absolute atomic E-state index is 0.116. The van der Waals surface area contributed by atoms with E-state index in [1.807, 2.05) is 0 Å². The lowest BCUT2D eigenvalue weighted by Gasteiger charge is -2.14. The fourth-order valence-corrected chi connectivity index (χ4v) is 3.05. The lowest BCUT2D eigenvalue weighted by Crippen LogP contribution is -2.27. The zero-order valence-electron chi connectivity index (χ0n) is 19.2. The highest BCUT2D eigenvalue weighted by atomic mass is 16.6. The smallest absolute Gasteiger partial charge is 0.305 e. The molecule has 0 spiro atoms. The van der Waals surface area contributed by atoms with Crippen molar-refractivity contribution in [3.8, 4) is 0 Å². The van der Waals surface area contributed by atoms with Gasteiger partial charge >= 0.3 is 11.9 Å². The Bertz CT molecular complexity index is 581. The molecule has 0 bridgehead atoms. The third-order valence-corrected chi connectivity index (χ3v) is 4.89. The highest BCUT2D eigenvalue weighted by molar-refractivity contribution is 5.69. The number of ether oxygens (including phenoxy) is 3. The van der Waals surface area contributed by atoms with E-state index in [1.54, 1.807) is 0 Å². The molecule has 6 heteroatoms. The van der Waals surface area contributed by atoms with Crippen LogP contribution in [-0.4, -0.2) is 48.6 Å². The largest absolute Gasteiger partial charge is 0.462 e. The Balaban J connectivity index is 1.98. The Morgan fingerprint density at radius 2 is 1.61 bits per heavy atom. The summed E-state index contributed by atoms with van der Waals surface area (Å²) in [4.78, 5) is 22.5. The van der Waals surface area contributed by atoms with E-state index in [-0.39, 0.29) is 19.2 Å². The zero-order valence-corrected chi connectivity index (χ0v) is 19.2. The standard InChI is InChI=1S/C25H40O6/c1-3-4-5-6-7-8-9-10-13-16-23-24(31-23)17-14-11-12-15-18-25(28)29-20-22(19-26)30-21(2)27/h7-8,10-11,13-14,22-24,26H,3-6,9,12,15-20H2,1-2H3/b8-7-,13-10-,14-11-/t22-,23?,24?/m0/s1. The predicted octanol–water partition coefficient (Wildman–Crippen LogP) is 4.81. The highest BCUT2D eigenvalue weighted by Crippen LogP contribution is 2.29. The minimum Gasteiger partial charge on any atom is -0.462 e. The van der Waals surface area contributed by atoms with E-state index in [9.17, 15) is 9.59 Å². The van der Waals surface area contributed by atoms with Crippen LogP contribution in [0.4, 0.5) is 0 Å². The Morgan fingerprint density at radius 1 is 0.968 bits per heavy atom. The second kappa shape index (κ2) is 17.7. The molecule has 0 saturated carbocycles. The van der Waals surface area contributed by atoms with Gasteiger partial charge in [0.25, 0.3) is 0 Å². The molecule has 1 fully saturated rings. The van der Waals surface area contributed by atoms with Crippen LogP contribution in [0.15, 0.2) is 36.5 Å². The number of esters is 2. The van der Waals surface area contributed by atoms with Gasteiger partial charge in [-0.3, -0.25) is 9.59 Å². The van der Waals surface area contributed by atoms with Gasteiger partial charge in [-0.15, -0.1) is 0 Å². The molecule has 0 aromatic carbocycles. The van der Waals surface area contributed by atoms with Crippen LogP contribution in [0.5, 0.6) is 0 Å². The molecule has 1 aliphatic rings. The van der Waals surface area contributed by atoms with E-state index in [4.69, 9.17) is 19.3 Å². The van der Waals surface area contributed by atoms with Gasteiger partial charge in [0.15, 0.2) is 6.10 Å². The molecule has 3 atom stereocenters. The van der Waals surface area contributed by atoms with E-state index in [1.165, 1.54) is 32.6 Å². The van der Waals surface area contributed by atoms with Gasteiger partial charge in [-0.2, -0.15) is 0 Å². The van der Waals surface area contributed by atoms with Gasteiger partial charge in [-0.1, -0.05) is 56.2 Å². The topological polar surface area (TPSA) is 85.4 Å². The molecule has 0 amide bonds. The van der Waals surface area contributed by atoms with Crippen LogP contribution in [0.25, 0.3) is 0 Å². The van der Waals surface area contributed by atoms with E-state index in [0.29, 0.717) is 25.0 Å². The highest BCUT2D eigenvalue weighted by Gasteiger charge is 2.35. The number of carbonyl (C=O) groups is 2. The summed E-state index contributed by atoms with van der Waals surface area (Å²) in [7, 11) is 0. The van der Waals surface area contributed by atoms with E-state index < -0.39 is 12.1 Å². The summed E-state index contributed by atoms with van der Waals surface area (Å²) in [6.45, 7) is 2.99. The molecule has 176 valence electrons. The summed E-state index contributed by atoms with van der Waals surface area (Å²) >= 11 is 0. The third-order valence-electron chi connectivity index (χ3n) is 4.89. The number of carbonyl (C=O) groups excluding carboxylic acids is 2. The van der Waals surface area contributed by atoms with Crippen LogP contribution >= 0.6 is 0 Å². The van der Waals surface area contributed by atoms with Gasteiger partial charge in [-0.05, 0) is 44.9 Å². The van der Waals surface area contributed by atoms with E-state index >= 15 is 0 Å². The van der Waals surface area contributed by atoms with Crippen LogP contribution in [0.3, 0.4) is 0 Å². The molecule has 0 aromatic rings. The van der Waals surface area contributed by atoms with Gasteiger partial charge in [-0.25, -0.2) is 0 Å². The average Bonchev–Trinajstić information content (AvgIpc) is 3.50. The van der Waals surface area contributed by atoms with Crippen molar-refractivity contribution in [2.75, 3.05) is 13.2 Å². The van der Waals surface area contributed by atoms with Gasteiger partial charge in [0.2, 0.25) is 0 Å². The predicted molar refractivity (Wildman–Crippen MR) is 122 cm³/mol. The average molecular weight is 437 g/mol. The molecule has 1 heterocycles. The van der Waals surface area contributed by atoms with Crippen molar-refractivity contribution in [1.82, 2.24) is 0 Å². The van der Waals surface area contributed by atoms with Gasteiger partial charge in [0, 0.05) is 13.3 Å². The monoisotopic (exact) mass is 436 g/mol. The SMILES string of the molecule is CCCCC/C=C\C/C=C\CC1OC1C/C=C\CCCC(=O)OC[C@H](CO)OC(C)=O. The molecule has 1 aliphatic heterocycles. The van der Waals surface area contributed by atoms with E-state index in [0.717, 1.165) is 25.7 Å². The fourth-order valence-electron chi connectivity index (χ4n) is 3.05. The molecule has 0 radical (unpaired) electrons. The van der Waals surface area contributed by atoms with Crippen LogP contribution in [0, 0.1) is 0 Å². The Labute approximate surface area is 187 Å². The van der Waals surface area contributed by atoms with Crippen molar-refractivity contribution in [2.45, 2.75) is 96.4 Å². The quantitative estimate of drug-likeness (QED) is 0.144. The number of epoxide rings is 1. The second-order valence-electron chi connectivity index (χ2n) is 7.82. The first kappa shape index (κ1) is 27.1. The van der Waals surface area contributed by atoms with Crippen molar-refractivity contribution >= 4 is 11.9 Å². The van der Waals surface area contributed by atoms with Crippen LogP contribution < -0.4 is 0 Å². The first-order valence-corrected chi connectivity index (χ1v) is 11.6. The molecular weight excluding hydrogens is 396 g/mol. The first-order valence-electron chi connectivity index (χ1n) is 11.6. The van der Waals surface area contributed by atoms with Gasteiger partial charge in [0.1, 0.15) is 6.61 Å². The van der Waals surface area contributed by atoms with Gasteiger partial charge < -0.3 is 19.3 Å². The lowest BCUT2D eigenvalue weighted by molar-refractivity contribution is -0.159. The normalized spacial score (nSPS) is 19.3. The maximum absolute atomic E-state index is 11.7. The van der Waals surface area contributed by atoms with Crippen molar-refractivity contribution in [1.29, 1.82) is 0 Å². The first-order chi connectivity index (χ1) is 15.1. The summed E-state index contributed by atoms with van der Waals surface area (Å²) in [6.07, 6.45) is 22.7. The Kier molecular flexibility index (Phi) is 15.5. The molecule has 1 N–H and O–H groups in total. The van der Waals surface area contributed by atoms with Crippen molar-refractivity contribution < 1.29 is 28.9 Å². The second-order valence-corrected chi connectivity index (χ2v) is 7.82. The minimum atomic E-state index is -0.797. The third kappa shape index (κ3) is 15.5. The number of hydrogen-bond donors (Lipinski definition) is 1. The van der Waals surface area contributed by atoms with Crippen LogP contribution in [0.1, 0.15) is 78.1 Å². The zero-order chi connectivity index (χ0) is 22.7. The number of allylic oxidation sites excluding steroid dienone is 4. The van der Waals surface area contributed by atoms with Crippen molar-refractivity contribution in [3.63, 3.8) is 0 Å². The number of hydrogen-bond acceptors (Lipinski definition) is 6. The lowest BCUT2D eigenvalue weighted by atomic mass is 10.1. The molecule has 0 aliphatic carbocycles. The van der Waals surface area contributed by atoms with E-state index in [2.05, 4.69) is 43.4 Å². The molecule has 2 unspecified atom stereocenters. The van der Waals surface area contributed by atoms with Crippen molar-refractivity contribution in [3.05, 3.63) is 36.5 Å². The van der Waals surface area contributed by atoms with Crippen LogP contribution in [-0.2, 0) is 23.8 Å². The summed E-state index contributed by atoms with van der Waals surface area (Å²) in [6, 6.07) is 0. The molecule has 1 saturated heterocycles. The molecule has 6 nitrogen and oxygen atoms in total. The number of unbranched alkanes of at least 4 members (excludes halogenated alkanes) is 4. The Morgan fingerprint density at radius 3 is 2.29 bits per heavy atom. The molecule has 1 rings (SSSR count). The number of aliphatic hydroxyl groups excluding tert-OH is 1. The number of aliphatic hydroxyl groups is 1. The molecule has 0 aromatic heterocycles. The maximum Gasteiger partial charge on any atom is 0.305 e. The summed E-state index contributed by atoms with van der Waals surface area (Å²) < 4.78 is 15.5. The number of rotatable bonds is 18. The van der Waals surface area contributed by atoms with Crippen LogP contribution in [0.2, 0.25) is 0 Å². The fraction of sp³-hybridized carbons (Fsp3) is 0.680. The summed E-state index contributed by atoms with van der Waals surface area (Å²) in [5.41, 5.74) is 0. The van der Waals surface area contributed by atoms with Gasteiger partial charge in [0.05, 0.1) is 18.8 Å². The molecular formula is C25H40O6. The van der Waals surface area contributed by atoms with Crippen molar-refractivity contribution in [2.24, 2.45) is 0 Å². The maximum atomic E-state index is 11.7. The molecule has 31 heavy (non-hydrogen) atoms. The summed E-state index contributed by atoms with van der Waals surface area (Å²) in [5, 5.41) is 9.05. The summed E-state index contributed by atoms with van der Waals surface area (Å²) in [5.74, 6) is -0.865. The Hall–Kier alpha value is -1.92.